The van der Waals surface area contributed by atoms with Crippen molar-refractivity contribution in [2.45, 2.75) is 49.5 Å². The smallest absolute Gasteiger partial charge is 0.306 e. The Labute approximate surface area is 173 Å². The first-order chi connectivity index (χ1) is 13.6. The Morgan fingerprint density at radius 2 is 2.21 bits per heavy atom. The highest BCUT2D eigenvalue weighted by Gasteiger charge is 2.24. The first kappa shape index (κ1) is 21.1. The minimum absolute atomic E-state index is 0.137. The van der Waals surface area contributed by atoms with Crippen LogP contribution in [0.5, 0.6) is 0 Å². The van der Waals surface area contributed by atoms with Crippen LogP contribution in [0, 0.1) is 0 Å². The number of methoxy groups -OCH3 is 1. The van der Waals surface area contributed by atoms with Crippen molar-refractivity contribution >= 4 is 29.3 Å². The van der Waals surface area contributed by atoms with E-state index >= 15 is 0 Å². The molecule has 28 heavy (non-hydrogen) atoms. The zero-order valence-corrected chi connectivity index (χ0v) is 17.4. The van der Waals surface area contributed by atoms with E-state index in [1.165, 1.54) is 18.9 Å². The second-order valence-corrected chi connectivity index (χ2v) is 8.20. The molecule has 9 heteroatoms. The van der Waals surface area contributed by atoms with Gasteiger partial charge in [-0.2, -0.15) is 0 Å². The lowest BCUT2D eigenvalue weighted by Gasteiger charge is -2.18. The fraction of sp³-hybridized carbons (Fsp3) is 0.526. The SMILES string of the molecule is COC(=O)CCSc1nnc(C(N)Cc2ccc(Cl)cc2)n1CC1CCCO1. The summed E-state index contributed by atoms with van der Waals surface area (Å²) in [5.41, 5.74) is 7.56. The van der Waals surface area contributed by atoms with Gasteiger partial charge in [-0.15, -0.1) is 10.2 Å². The predicted octanol–water partition coefficient (Wildman–Crippen LogP) is 3.01. The molecule has 1 fully saturated rings. The number of hydrogen-bond acceptors (Lipinski definition) is 7. The number of halogens is 1. The van der Waals surface area contributed by atoms with Crippen LogP contribution >= 0.6 is 23.4 Å². The van der Waals surface area contributed by atoms with Gasteiger partial charge in [0.15, 0.2) is 11.0 Å². The summed E-state index contributed by atoms with van der Waals surface area (Å²) in [6, 6.07) is 7.35. The molecule has 2 aromatic rings. The van der Waals surface area contributed by atoms with Crippen molar-refractivity contribution in [1.82, 2.24) is 14.8 Å². The van der Waals surface area contributed by atoms with Crippen LogP contribution in [0.3, 0.4) is 0 Å². The Bertz CT molecular complexity index is 778. The standard InChI is InChI=1S/C19H25ClN4O3S/c1-26-17(25)8-10-28-19-23-22-18(24(19)12-15-3-2-9-27-15)16(21)11-13-4-6-14(20)7-5-13/h4-7,15-16H,2-3,8-12,21H2,1H3. The fourth-order valence-electron chi connectivity index (χ4n) is 3.14. The summed E-state index contributed by atoms with van der Waals surface area (Å²) in [5, 5.41) is 10.1. The van der Waals surface area contributed by atoms with Crippen molar-refractivity contribution in [3.63, 3.8) is 0 Å². The number of aromatic nitrogens is 3. The second kappa shape index (κ2) is 10.2. The number of rotatable bonds is 9. The lowest BCUT2D eigenvalue weighted by Crippen LogP contribution is -2.23. The number of carbonyl (C=O) groups is 1. The summed E-state index contributed by atoms with van der Waals surface area (Å²) >= 11 is 7.44. The van der Waals surface area contributed by atoms with E-state index in [0.29, 0.717) is 30.2 Å². The molecule has 152 valence electrons. The first-order valence-electron chi connectivity index (χ1n) is 9.31. The highest BCUT2D eigenvalue weighted by Crippen LogP contribution is 2.25. The van der Waals surface area contributed by atoms with Crippen LogP contribution < -0.4 is 5.73 Å². The number of esters is 1. The quantitative estimate of drug-likeness (QED) is 0.488. The molecule has 1 aliphatic heterocycles. The number of nitrogens with two attached hydrogens (primary N) is 1. The molecule has 2 N–H and O–H groups in total. The maximum absolute atomic E-state index is 11.4. The van der Waals surface area contributed by atoms with Gasteiger partial charge in [0.25, 0.3) is 0 Å². The van der Waals surface area contributed by atoms with Gasteiger partial charge < -0.3 is 19.8 Å². The Kier molecular flexibility index (Phi) is 7.73. The van der Waals surface area contributed by atoms with Crippen LogP contribution in [0.2, 0.25) is 5.02 Å². The van der Waals surface area contributed by atoms with E-state index < -0.39 is 0 Å². The normalized spacial score (nSPS) is 17.6. The average molecular weight is 425 g/mol. The van der Waals surface area contributed by atoms with E-state index in [2.05, 4.69) is 10.2 Å². The maximum atomic E-state index is 11.4. The van der Waals surface area contributed by atoms with Crippen LogP contribution in [0.25, 0.3) is 0 Å². The third-order valence-corrected chi connectivity index (χ3v) is 5.84. The van der Waals surface area contributed by atoms with Crippen LogP contribution in [0.15, 0.2) is 29.4 Å². The molecule has 2 atom stereocenters. The van der Waals surface area contributed by atoms with Gasteiger partial charge in [-0.1, -0.05) is 35.5 Å². The van der Waals surface area contributed by atoms with Gasteiger partial charge in [0, 0.05) is 17.4 Å². The first-order valence-corrected chi connectivity index (χ1v) is 10.7. The molecule has 1 aromatic carbocycles. The van der Waals surface area contributed by atoms with E-state index in [0.717, 1.165) is 36.0 Å². The van der Waals surface area contributed by atoms with Crippen LogP contribution in [-0.2, 0) is 27.2 Å². The second-order valence-electron chi connectivity index (χ2n) is 6.70. The van der Waals surface area contributed by atoms with Gasteiger partial charge in [0.1, 0.15) is 0 Å². The Hall–Kier alpha value is -1.61. The summed E-state index contributed by atoms with van der Waals surface area (Å²) in [6.45, 7) is 1.45. The molecule has 1 saturated heterocycles. The number of nitrogens with zero attached hydrogens (tertiary/aromatic N) is 3. The van der Waals surface area contributed by atoms with E-state index in [1.807, 2.05) is 28.8 Å². The molecule has 7 nitrogen and oxygen atoms in total. The van der Waals surface area contributed by atoms with Gasteiger partial charge in [0.2, 0.25) is 0 Å². The number of thioether (sulfide) groups is 1. The number of hydrogen-bond donors (Lipinski definition) is 1. The average Bonchev–Trinajstić information content (AvgIpc) is 3.34. The minimum atomic E-state index is -0.301. The molecule has 0 spiro atoms. The third kappa shape index (κ3) is 5.70. The van der Waals surface area contributed by atoms with Crippen molar-refractivity contribution < 1.29 is 14.3 Å². The summed E-state index contributed by atoms with van der Waals surface area (Å²) < 4.78 is 12.5. The topological polar surface area (TPSA) is 92.3 Å². The van der Waals surface area contributed by atoms with Gasteiger partial charge in [-0.05, 0) is 37.0 Å². The Balaban J connectivity index is 1.74. The summed E-state index contributed by atoms with van der Waals surface area (Å²) in [5.74, 6) is 1.06. The van der Waals surface area contributed by atoms with E-state index in [9.17, 15) is 4.79 Å². The van der Waals surface area contributed by atoms with Crippen LogP contribution in [0.1, 0.15) is 36.7 Å². The van der Waals surface area contributed by atoms with E-state index in [1.54, 1.807) is 0 Å². The number of ether oxygens (including phenoxy) is 2. The molecule has 0 amide bonds. The van der Waals surface area contributed by atoms with E-state index in [4.69, 9.17) is 26.8 Å². The zero-order valence-electron chi connectivity index (χ0n) is 15.8. The molecule has 0 saturated carbocycles. The molecular formula is C19H25ClN4O3S. The highest BCUT2D eigenvalue weighted by molar-refractivity contribution is 7.99. The Morgan fingerprint density at radius 1 is 1.43 bits per heavy atom. The largest absolute Gasteiger partial charge is 0.469 e. The number of carbonyl (C=O) groups excluding carboxylic acids is 1. The van der Waals surface area contributed by atoms with Crippen molar-refractivity contribution in [1.29, 1.82) is 0 Å². The lowest BCUT2D eigenvalue weighted by atomic mass is 10.1. The monoisotopic (exact) mass is 424 g/mol. The predicted molar refractivity (Wildman–Crippen MR) is 108 cm³/mol. The van der Waals surface area contributed by atoms with Gasteiger partial charge in [0.05, 0.1) is 32.2 Å². The van der Waals surface area contributed by atoms with Gasteiger partial charge in [-0.25, -0.2) is 0 Å². The molecule has 0 radical (unpaired) electrons. The third-order valence-electron chi connectivity index (χ3n) is 4.62. The Morgan fingerprint density at radius 3 is 2.89 bits per heavy atom. The molecule has 0 aliphatic carbocycles. The summed E-state index contributed by atoms with van der Waals surface area (Å²) in [4.78, 5) is 11.4. The molecule has 2 unspecified atom stereocenters. The van der Waals surface area contributed by atoms with Gasteiger partial charge in [-0.3, -0.25) is 4.79 Å². The minimum Gasteiger partial charge on any atom is -0.469 e. The number of benzene rings is 1. The van der Waals surface area contributed by atoms with Crippen molar-refractivity contribution in [2.24, 2.45) is 5.73 Å². The molecule has 0 bridgehead atoms. The summed E-state index contributed by atoms with van der Waals surface area (Å²) in [7, 11) is 1.39. The highest BCUT2D eigenvalue weighted by atomic mass is 35.5. The molecule has 3 rings (SSSR count). The summed E-state index contributed by atoms with van der Waals surface area (Å²) in [6.07, 6.45) is 3.16. The van der Waals surface area contributed by atoms with Crippen molar-refractivity contribution in [3.8, 4) is 0 Å². The van der Waals surface area contributed by atoms with Crippen LogP contribution in [0.4, 0.5) is 0 Å². The fourth-order valence-corrected chi connectivity index (χ4v) is 4.14. The van der Waals surface area contributed by atoms with E-state index in [-0.39, 0.29) is 18.1 Å². The van der Waals surface area contributed by atoms with Crippen LogP contribution in [-0.4, -0.2) is 46.3 Å². The zero-order chi connectivity index (χ0) is 19.9. The lowest BCUT2D eigenvalue weighted by molar-refractivity contribution is -0.140. The molecule has 1 aromatic heterocycles. The maximum Gasteiger partial charge on any atom is 0.306 e. The molecule has 2 heterocycles. The van der Waals surface area contributed by atoms with Crippen molar-refractivity contribution in [3.05, 3.63) is 40.7 Å². The van der Waals surface area contributed by atoms with Crippen molar-refractivity contribution in [2.75, 3.05) is 19.5 Å². The van der Waals surface area contributed by atoms with Gasteiger partial charge >= 0.3 is 5.97 Å². The molecule has 1 aliphatic rings. The molecular weight excluding hydrogens is 400 g/mol.